The maximum atomic E-state index is 13.5. The lowest BCUT2D eigenvalue weighted by atomic mass is 10.1. The number of carbonyl (C=O) groups excluding carboxylic acids is 2. The van der Waals surface area contributed by atoms with Crippen LogP contribution in [0.15, 0.2) is 12.1 Å². The molecule has 0 saturated carbocycles. The van der Waals surface area contributed by atoms with E-state index in [0.29, 0.717) is 0 Å². The van der Waals surface area contributed by atoms with Gasteiger partial charge in [-0.05, 0) is 39.8 Å². The van der Waals surface area contributed by atoms with E-state index in [-0.39, 0.29) is 5.56 Å². The smallest absolute Gasteiger partial charge is 0.412 e. The number of amides is 1. The number of hydrogen-bond acceptors (Lipinski definition) is 3. The molecule has 0 bridgehead atoms. The zero-order valence-corrected chi connectivity index (χ0v) is 11.1. The fourth-order valence-electron chi connectivity index (χ4n) is 1.30. The average molecular weight is 271 g/mol. The first-order valence-electron chi connectivity index (χ1n) is 5.60. The quantitative estimate of drug-likeness (QED) is 0.837. The number of halogens is 2. The number of rotatable bonds is 2. The molecule has 6 heteroatoms. The van der Waals surface area contributed by atoms with Crippen LogP contribution >= 0.6 is 0 Å². The van der Waals surface area contributed by atoms with Crippen molar-refractivity contribution in [3.05, 3.63) is 29.3 Å². The van der Waals surface area contributed by atoms with Crippen molar-refractivity contribution in [2.24, 2.45) is 0 Å². The van der Waals surface area contributed by atoms with Crippen molar-refractivity contribution in [3.63, 3.8) is 0 Å². The molecule has 1 rings (SSSR count). The first-order valence-corrected chi connectivity index (χ1v) is 5.60. The molecule has 0 spiro atoms. The number of ketones is 1. The minimum absolute atomic E-state index is 0.0371. The summed E-state index contributed by atoms with van der Waals surface area (Å²) in [5.74, 6) is -2.89. The monoisotopic (exact) mass is 271 g/mol. The van der Waals surface area contributed by atoms with E-state index in [0.717, 1.165) is 12.1 Å². The summed E-state index contributed by atoms with van der Waals surface area (Å²) in [5, 5.41) is 2.07. The summed E-state index contributed by atoms with van der Waals surface area (Å²) in [4.78, 5) is 22.6. The Kier molecular flexibility index (Phi) is 4.24. The van der Waals surface area contributed by atoms with Crippen LogP contribution in [0.3, 0.4) is 0 Å². The highest BCUT2D eigenvalue weighted by Gasteiger charge is 2.19. The van der Waals surface area contributed by atoms with Gasteiger partial charge in [-0.3, -0.25) is 10.1 Å². The molecule has 1 aromatic carbocycles. The molecule has 19 heavy (non-hydrogen) atoms. The lowest BCUT2D eigenvalue weighted by Gasteiger charge is -2.20. The van der Waals surface area contributed by atoms with Gasteiger partial charge in [-0.1, -0.05) is 0 Å². The van der Waals surface area contributed by atoms with Crippen LogP contribution in [-0.2, 0) is 4.74 Å². The van der Waals surface area contributed by atoms with Gasteiger partial charge in [0.2, 0.25) is 0 Å². The van der Waals surface area contributed by atoms with E-state index < -0.39 is 34.8 Å². The maximum absolute atomic E-state index is 13.5. The number of hydrogen-bond donors (Lipinski definition) is 1. The highest BCUT2D eigenvalue weighted by molar-refractivity contribution is 5.96. The van der Waals surface area contributed by atoms with Crippen molar-refractivity contribution in [2.45, 2.75) is 33.3 Å². The minimum Gasteiger partial charge on any atom is -0.444 e. The SMILES string of the molecule is CC(=O)c1cc(F)c(F)c(NC(=O)OC(C)(C)C)c1. The van der Waals surface area contributed by atoms with Crippen molar-refractivity contribution >= 4 is 17.6 Å². The molecule has 0 aliphatic heterocycles. The van der Waals surface area contributed by atoms with Crippen LogP contribution in [0.4, 0.5) is 19.3 Å². The molecular formula is C13H15F2NO3. The third-order valence-electron chi connectivity index (χ3n) is 2.07. The van der Waals surface area contributed by atoms with Gasteiger partial charge in [-0.2, -0.15) is 0 Å². The van der Waals surface area contributed by atoms with Crippen LogP contribution in [-0.4, -0.2) is 17.5 Å². The molecule has 0 saturated heterocycles. The molecule has 0 aromatic heterocycles. The van der Waals surface area contributed by atoms with Gasteiger partial charge >= 0.3 is 6.09 Å². The zero-order valence-electron chi connectivity index (χ0n) is 11.1. The molecule has 1 N–H and O–H groups in total. The number of anilines is 1. The van der Waals surface area contributed by atoms with Gasteiger partial charge in [0, 0.05) is 5.56 Å². The predicted octanol–water partition coefficient (Wildman–Crippen LogP) is 3.51. The maximum Gasteiger partial charge on any atom is 0.412 e. The fraction of sp³-hybridized carbons (Fsp3) is 0.385. The van der Waals surface area contributed by atoms with Crippen molar-refractivity contribution in [1.82, 2.24) is 0 Å². The molecule has 1 amide bonds. The van der Waals surface area contributed by atoms with E-state index in [4.69, 9.17) is 4.74 Å². The highest BCUT2D eigenvalue weighted by atomic mass is 19.2. The largest absolute Gasteiger partial charge is 0.444 e. The van der Waals surface area contributed by atoms with Crippen LogP contribution in [0.5, 0.6) is 0 Å². The van der Waals surface area contributed by atoms with E-state index in [2.05, 4.69) is 5.32 Å². The van der Waals surface area contributed by atoms with Crippen LogP contribution in [0.2, 0.25) is 0 Å². The second kappa shape index (κ2) is 5.34. The van der Waals surface area contributed by atoms with Crippen molar-refractivity contribution < 1.29 is 23.1 Å². The molecule has 0 aliphatic carbocycles. The van der Waals surface area contributed by atoms with Crippen LogP contribution in [0.25, 0.3) is 0 Å². The molecule has 0 radical (unpaired) electrons. The molecule has 4 nitrogen and oxygen atoms in total. The van der Waals surface area contributed by atoms with E-state index >= 15 is 0 Å². The van der Waals surface area contributed by atoms with E-state index in [1.54, 1.807) is 20.8 Å². The first-order chi connectivity index (χ1) is 8.60. The summed E-state index contributed by atoms with van der Waals surface area (Å²) < 4.78 is 31.7. The molecule has 0 atom stereocenters. The third kappa shape index (κ3) is 4.31. The molecule has 0 unspecified atom stereocenters. The third-order valence-corrected chi connectivity index (χ3v) is 2.07. The Hall–Kier alpha value is -1.98. The number of Topliss-reactive ketones (excluding diaryl/α,β-unsaturated/α-hetero) is 1. The molecule has 0 fully saturated rings. The minimum atomic E-state index is -1.24. The number of benzene rings is 1. The highest BCUT2D eigenvalue weighted by Crippen LogP contribution is 2.21. The summed E-state index contributed by atoms with van der Waals surface area (Å²) in [7, 11) is 0. The number of carbonyl (C=O) groups is 2. The normalized spacial score (nSPS) is 11.1. The van der Waals surface area contributed by atoms with Gasteiger partial charge in [0.05, 0.1) is 5.69 Å². The Bertz CT molecular complexity index is 521. The standard InChI is InChI=1S/C13H15F2NO3/c1-7(17)8-5-9(14)11(15)10(6-8)16-12(18)19-13(2,3)4/h5-6H,1-4H3,(H,16,18). The Labute approximate surface area is 109 Å². The van der Waals surface area contributed by atoms with E-state index in [1.165, 1.54) is 6.92 Å². The van der Waals surface area contributed by atoms with Gasteiger partial charge in [0.15, 0.2) is 17.4 Å². The molecule has 0 aliphatic rings. The summed E-state index contributed by atoms with van der Waals surface area (Å²) >= 11 is 0. The van der Waals surface area contributed by atoms with Crippen molar-refractivity contribution in [2.75, 3.05) is 5.32 Å². The predicted molar refractivity (Wildman–Crippen MR) is 66.2 cm³/mol. The second-order valence-corrected chi connectivity index (χ2v) is 5.00. The Balaban J connectivity index is 3.01. The van der Waals surface area contributed by atoms with E-state index in [1.807, 2.05) is 0 Å². The van der Waals surface area contributed by atoms with Crippen LogP contribution in [0.1, 0.15) is 38.1 Å². The average Bonchev–Trinajstić information content (AvgIpc) is 2.21. The fourth-order valence-corrected chi connectivity index (χ4v) is 1.30. The summed E-state index contributed by atoms with van der Waals surface area (Å²) in [5.41, 5.74) is -1.23. The lowest BCUT2D eigenvalue weighted by molar-refractivity contribution is 0.0634. The van der Waals surface area contributed by atoms with Gasteiger partial charge < -0.3 is 4.74 Å². The van der Waals surface area contributed by atoms with Crippen LogP contribution in [0, 0.1) is 11.6 Å². The molecule has 1 aromatic rings. The Morgan fingerprint density at radius 3 is 2.26 bits per heavy atom. The number of ether oxygens (including phenoxy) is 1. The molecule has 0 heterocycles. The van der Waals surface area contributed by atoms with Gasteiger partial charge in [-0.25, -0.2) is 13.6 Å². The Morgan fingerprint density at radius 2 is 1.79 bits per heavy atom. The number of nitrogens with one attached hydrogen (secondary N) is 1. The second-order valence-electron chi connectivity index (χ2n) is 5.00. The molecule has 104 valence electrons. The molecular weight excluding hydrogens is 256 g/mol. The van der Waals surface area contributed by atoms with Crippen LogP contribution < -0.4 is 5.32 Å². The van der Waals surface area contributed by atoms with Gasteiger partial charge in [0.25, 0.3) is 0 Å². The van der Waals surface area contributed by atoms with Crippen molar-refractivity contribution in [1.29, 1.82) is 0 Å². The summed E-state index contributed by atoms with van der Waals surface area (Å²) in [6.45, 7) is 6.12. The van der Waals surface area contributed by atoms with Gasteiger partial charge in [-0.15, -0.1) is 0 Å². The van der Waals surface area contributed by atoms with Gasteiger partial charge in [0.1, 0.15) is 5.60 Å². The summed E-state index contributed by atoms with van der Waals surface area (Å²) in [6.07, 6.45) is -0.925. The Morgan fingerprint density at radius 1 is 1.21 bits per heavy atom. The summed E-state index contributed by atoms with van der Waals surface area (Å²) in [6, 6.07) is 1.84. The zero-order chi connectivity index (χ0) is 14.8. The lowest BCUT2D eigenvalue weighted by Crippen LogP contribution is -2.27. The first kappa shape index (κ1) is 15.1. The topological polar surface area (TPSA) is 55.4 Å². The van der Waals surface area contributed by atoms with E-state index in [9.17, 15) is 18.4 Å². The van der Waals surface area contributed by atoms with Crippen molar-refractivity contribution in [3.8, 4) is 0 Å².